The van der Waals surface area contributed by atoms with Crippen LogP contribution < -0.4 is 5.32 Å². The average Bonchev–Trinajstić information content (AvgIpc) is 2.64. The first-order valence-electron chi connectivity index (χ1n) is 10.2. The first-order valence-corrected chi connectivity index (χ1v) is 10.5. The Morgan fingerprint density at radius 1 is 1.10 bits per heavy atom. The summed E-state index contributed by atoms with van der Waals surface area (Å²) in [6, 6.07) is 15.4. The predicted octanol–water partition coefficient (Wildman–Crippen LogP) is 4.67. The molecule has 0 unspecified atom stereocenters. The van der Waals surface area contributed by atoms with Crippen LogP contribution in [0.25, 0.3) is 11.1 Å². The van der Waals surface area contributed by atoms with Crippen LogP contribution in [0.3, 0.4) is 0 Å². The second-order valence-electron chi connectivity index (χ2n) is 9.36. The van der Waals surface area contributed by atoms with E-state index < -0.39 is 35.2 Å². The van der Waals surface area contributed by atoms with Crippen LogP contribution in [0.5, 0.6) is 0 Å². The van der Waals surface area contributed by atoms with Gasteiger partial charge in [0.15, 0.2) is 0 Å². The third-order valence-electron chi connectivity index (χ3n) is 5.56. The standard InChI is InChI=1S/C24H28ClNO5/c1-22(2,3)31-21(30)26-24(13-23(14-24,15-27)20(28)29)12-16-8-10-17(11-9-16)18-6-4-5-7-19(18)25/h4-11,27H,12-15H2,1-3H3,(H,26,30)(H,28,29). The van der Waals surface area contributed by atoms with E-state index in [2.05, 4.69) is 5.32 Å². The summed E-state index contributed by atoms with van der Waals surface area (Å²) in [7, 11) is 0. The lowest BCUT2D eigenvalue weighted by atomic mass is 9.55. The number of amides is 1. The highest BCUT2D eigenvalue weighted by Crippen LogP contribution is 2.50. The second kappa shape index (κ2) is 8.52. The maximum Gasteiger partial charge on any atom is 0.408 e. The lowest BCUT2D eigenvalue weighted by Gasteiger charge is -2.53. The highest BCUT2D eigenvalue weighted by Gasteiger charge is 2.59. The van der Waals surface area contributed by atoms with Gasteiger partial charge in [0, 0.05) is 16.1 Å². The van der Waals surface area contributed by atoms with E-state index in [0.717, 1.165) is 16.7 Å². The normalized spacial score (nSPS) is 23.0. The SMILES string of the molecule is CC(C)(C)OC(=O)NC1(Cc2ccc(-c3ccccc3Cl)cc2)CC(CO)(C(=O)O)C1. The fraction of sp³-hybridized carbons (Fsp3) is 0.417. The van der Waals surface area contributed by atoms with E-state index in [9.17, 15) is 19.8 Å². The quantitative estimate of drug-likeness (QED) is 0.600. The molecule has 1 aliphatic carbocycles. The summed E-state index contributed by atoms with van der Waals surface area (Å²) in [4.78, 5) is 24.2. The van der Waals surface area contributed by atoms with Crippen LogP contribution in [0.4, 0.5) is 4.79 Å². The van der Waals surface area contributed by atoms with Crippen molar-refractivity contribution in [1.82, 2.24) is 5.32 Å². The van der Waals surface area contributed by atoms with Gasteiger partial charge in [-0.05, 0) is 57.2 Å². The summed E-state index contributed by atoms with van der Waals surface area (Å²) < 4.78 is 5.38. The number of carbonyl (C=O) groups is 2. The zero-order chi connectivity index (χ0) is 22.9. The molecular formula is C24H28ClNO5. The number of hydrogen-bond donors (Lipinski definition) is 3. The molecule has 0 aliphatic heterocycles. The lowest BCUT2D eigenvalue weighted by molar-refractivity contribution is -0.166. The van der Waals surface area contributed by atoms with Crippen molar-refractivity contribution in [3.8, 4) is 11.1 Å². The second-order valence-corrected chi connectivity index (χ2v) is 9.77. The molecule has 0 heterocycles. The Labute approximate surface area is 187 Å². The van der Waals surface area contributed by atoms with Crippen LogP contribution in [-0.2, 0) is 16.0 Å². The Hall–Kier alpha value is -2.57. The molecule has 1 aliphatic rings. The van der Waals surface area contributed by atoms with E-state index in [1.54, 1.807) is 20.8 Å². The topological polar surface area (TPSA) is 95.9 Å². The number of aliphatic hydroxyl groups excluding tert-OH is 1. The van der Waals surface area contributed by atoms with Crippen LogP contribution in [0.1, 0.15) is 39.2 Å². The molecule has 0 bridgehead atoms. The zero-order valence-corrected chi connectivity index (χ0v) is 18.7. The van der Waals surface area contributed by atoms with Gasteiger partial charge in [-0.15, -0.1) is 0 Å². The van der Waals surface area contributed by atoms with Crippen LogP contribution >= 0.6 is 11.6 Å². The molecule has 0 spiro atoms. The van der Waals surface area contributed by atoms with E-state index >= 15 is 0 Å². The molecule has 3 rings (SSSR count). The number of alkyl carbamates (subject to hydrolysis) is 1. The first kappa shape index (κ1) is 23.1. The fourth-order valence-electron chi connectivity index (χ4n) is 4.24. The van der Waals surface area contributed by atoms with Crippen molar-refractivity contribution in [2.45, 2.75) is 51.2 Å². The third-order valence-corrected chi connectivity index (χ3v) is 5.89. The number of benzene rings is 2. The molecule has 0 aromatic heterocycles. The number of carboxylic acids is 1. The number of aliphatic carboxylic acids is 1. The van der Waals surface area contributed by atoms with Gasteiger partial charge in [-0.25, -0.2) is 4.79 Å². The molecule has 1 saturated carbocycles. The number of carbonyl (C=O) groups excluding carboxylic acids is 1. The molecule has 6 nitrogen and oxygen atoms in total. The number of hydrogen-bond acceptors (Lipinski definition) is 4. The molecule has 7 heteroatoms. The predicted molar refractivity (Wildman–Crippen MR) is 119 cm³/mol. The monoisotopic (exact) mass is 445 g/mol. The molecule has 1 amide bonds. The Bertz CT molecular complexity index is 959. The number of halogens is 1. The Morgan fingerprint density at radius 3 is 2.23 bits per heavy atom. The highest BCUT2D eigenvalue weighted by molar-refractivity contribution is 6.33. The number of aliphatic hydroxyl groups is 1. The summed E-state index contributed by atoms with van der Waals surface area (Å²) in [6.07, 6.45) is 0.0655. The van der Waals surface area contributed by atoms with Gasteiger partial charge in [-0.2, -0.15) is 0 Å². The van der Waals surface area contributed by atoms with E-state index in [1.807, 2.05) is 48.5 Å². The minimum atomic E-state index is -1.26. The number of ether oxygens (including phenoxy) is 1. The Balaban J connectivity index is 1.81. The molecule has 1 fully saturated rings. The van der Waals surface area contributed by atoms with Crippen molar-refractivity contribution in [1.29, 1.82) is 0 Å². The molecule has 3 N–H and O–H groups in total. The minimum absolute atomic E-state index is 0.122. The van der Waals surface area contributed by atoms with E-state index in [0.29, 0.717) is 11.4 Å². The summed E-state index contributed by atoms with van der Waals surface area (Å²) in [5.74, 6) is -1.06. The summed E-state index contributed by atoms with van der Waals surface area (Å²) in [6.45, 7) is 4.82. The molecule has 2 aromatic carbocycles. The van der Waals surface area contributed by atoms with Gasteiger partial charge in [0.2, 0.25) is 0 Å². The van der Waals surface area contributed by atoms with Crippen molar-refractivity contribution in [2.75, 3.05) is 6.61 Å². The van der Waals surface area contributed by atoms with Crippen molar-refractivity contribution in [2.24, 2.45) is 5.41 Å². The van der Waals surface area contributed by atoms with Gasteiger partial charge in [0.05, 0.1) is 12.0 Å². The van der Waals surface area contributed by atoms with Crippen molar-refractivity contribution < 1.29 is 24.5 Å². The van der Waals surface area contributed by atoms with Crippen LogP contribution in [0, 0.1) is 5.41 Å². The van der Waals surface area contributed by atoms with Gasteiger partial charge in [-0.1, -0.05) is 54.1 Å². The van der Waals surface area contributed by atoms with Gasteiger partial charge < -0.3 is 20.3 Å². The molecule has 0 atom stereocenters. The van der Waals surface area contributed by atoms with Crippen LogP contribution in [-0.4, -0.2) is 40.0 Å². The van der Waals surface area contributed by atoms with E-state index in [-0.39, 0.29) is 12.8 Å². The Morgan fingerprint density at radius 2 is 1.71 bits per heavy atom. The van der Waals surface area contributed by atoms with Gasteiger partial charge in [0.25, 0.3) is 0 Å². The third kappa shape index (κ3) is 5.20. The minimum Gasteiger partial charge on any atom is -0.481 e. The number of carboxylic acid groups (broad SMARTS) is 1. The summed E-state index contributed by atoms with van der Waals surface area (Å²) in [5.41, 5.74) is 0.0798. The molecule has 31 heavy (non-hydrogen) atoms. The fourth-order valence-corrected chi connectivity index (χ4v) is 4.49. The zero-order valence-electron chi connectivity index (χ0n) is 17.9. The van der Waals surface area contributed by atoms with Gasteiger partial charge in [0.1, 0.15) is 5.60 Å². The maximum atomic E-state index is 12.4. The highest BCUT2D eigenvalue weighted by atomic mass is 35.5. The average molecular weight is 446 g/mol. The number of nitrogens with one attached hydrogen (secondary N) is 1. The van der Waals surface area contributed by atoms with Crippen LogP contribution in [0.15, 0.2) is 48.5 Å². The van der Waals surface area contributed by atoms with Crippen molar-refractivity contribution in [3.63, 3.8) is 0 Å². The van der Waals surface area contributed by atoms with Crippen molar-refractivity contribution >= 4 is 23.7 Å². The van der Waals surface area contributed by atoms with E-state index in [4.69, 9.17) is 16.3 Å². The van der Waals surface area contributed by atoms with E-state index in [1.165, 1.54) is 0 Å². The lowest BCUT2D eigenvalue weighted by Crippen LogP contribution is -2.67. The maximum absolute atomic E-state index is 12.4. The van der Waals surface area contributed by atoms with Gasteiger partial charge >= 0.3 is 12.1 Å². The molecule has 0 saturated heterocycles. The molecule has 166 valence electrons. The smallest absolute Gasteiger partial charge is 0.408 e. The Kier molecular flexibility index (Phi) is 6.35. The first-order chi connectivity index (χ1) is 14.5. The number of rotatable bonds is 6. The summed E-state index contributed by atoms with van der Waals surface area (Å²) >= 11 is 6.28. The molecule has 2 aromatic rings. The van der Waals surface area contributed by atoms with Crippen molar-refractivity contribution in [3.05, 3.63) is 59.1 Å². The van der Waals surface area contributed by atoms with Gasteiger partial charge in [-0.3, -0.25) is 4.79 Å². The van der Waals surface area contributed by atoms with Crippen LogP contribution in [0.2, 0.25) is 5.02 Å². The largest absolute Gasteiger partial charge is 0.481 e. The molecular weight excluding hydrogens is 418 g/mol. The molecule has 0 radical (unpaired) electrons. The summed E-state index contributed by atoms with van der Waals surface area (Å²) in [5, 5.41) is 22.8.